The number of aryl methyl sites for hydroxylation is 1. The van der Waals surface area contributed by atoms with Gasteiger partial charge in [0, 0.05) is 72.9 Å². The summed E-state index contributed by atoms with van der Waals surface area (Å²) >= 11 is 6.06. The third kappa shape index (κ3) is 11.3. The second-order valence-electron chi connectivity index (χ2n) is 17.1. The Labute approximate surface area is 382 Å². The lowest BCUT2D eigenvalue weighted by atomic mass is 9.96. The zero-order chi connectivity index (χ0) is 46.6. The topological polar surface area (TPSA) is 173 Å². The lowest BCUT2D eigenvalue weighted by Crippen LogP contribution is -2.51. The monoisotopic (exact) mass is 919 g/mol. The van der Waals surface area contributed by atoms with Crippen LogP contribution >= 0.6 is 11.6 Å². The number of fused-ring (bicyclic) bond motifs is 2. The minimum atomic E-state index is -4.49. The Morgan fingerprint density at radius 3 is 2.42 bits per heavy atom. The number of aliphatic hydroxyl groups excluding tert-OH is 1. The van der Waals surface area contributed by atoms with E-state index in [1.165, 1.54) is 6.07 Å². The summed E-state index contributed by atoms with van der Waals surface area (Å²) in [6.45, 7) is 14.2. The van der Waals surface area contributed by atoms with Crippen LogP contribution in [0, 0.1) is 6.92 Å². The van der Waals surface area contributed by atoms with Gasteiger partial charge in [-0.15, -0.1) is 0 Å². The van der Waals surface area contributed by atoms with E-state index in [1.54, 1.807) is 39.4 Å². The van der Waals surface area contributed by atoms with Crippen LogP contribution in [-0.4, -0.2) is 101 Å². The highest BCUT2D eigenvalue weighted by molar-refractivity contribution is 6.30. The van der Waals surface area contributed by atoms with Crippen LogP contribution < -0.4 is 30.7 Å². The standard InChI is InChI=1S/C24H32ClN5O2.C23H25F3N4O3/c1-15(2)26-13-19(17-4-6-18(25)7-5-17)24(32)30-10-8-29(9-11-30)23-21-16(3)12-20(31)22(21)27-14-28-23;1-12(14-6-15(23(24,25)26)8-16(27)7-14)28-22-18-9-21(33-17-4-5-32-11-17)20(31-3)10-19(18)29-13(2)30-22/h4-7,14-16,19-20,26,31H,8-13H2,1-3H3;6-10,12,17H,4-5,11,27H2,1-3H3,(H,28,29,30). The van der Waals surface area contributed by atoms with E-state index in [2.05, 4.69) is 56.2 Å². The number of benzene rings is 3. The van der Waals surface area contributed by atoms with Crippen molar-refractivity contribution in [1.29, 1.82) is 0 Å². The molecule has 348 valence electrons. The van der Waals surface area contributed by atoms with Crippen molar-refractivity contribution in [3.63, 3.8) is 0 Å². The van der Waals surface area contributed by atoms with Gasteiger partial charge in [0.2, 0.25) is 5.91 Å². The number of nitrogens with one attached hydrogen (secondary N) is 2. The van der Waals surface area contributed by atoms with Gasteiger partial charge in [0.15, 0.2) is 11.5 Å². The molecule has 0 spiro atoms. The number of hydrogen-bond acceptors (Lipinski definition) is 13. The molecule has 2 aromatic heterocycles. The zero-order valence-electron chi connectivity index (χ0n) is 37.5. The summed E-state index contributed by atoms with van der Waals surface area (Å²) in [6, 6.07) is 14.4. The Bertz CT molecular complexity index is 2450. The second kappa shape index (κ2) is 20.4. The van der Waals surface area contributed by atoms with Gasteiger partial charge in [0.25, 0.3) is 0 Å². The van der Waals surface area contributed by atoms with E-state index in [1.807, 2.05) is 29.2 Å². The molecule has 0 radical (unpaired) electrons. The Morgan fingerprint density at radius 2 is 1.75 bits per heavy atom. The van der Waals surface area contributed by atoms with Crippen LogP contribution in [0.5, 0.6) is 11.5 Å². The number of alkyl halides is 3. The smallest absolute Gasteiger partial charge is 0.416 e. The number of ether oxygens (including phenoxy) is 3. The first-order valence-corrected chi connectivity index (χ1v) is 22.3. The van der Waals surface area contributed by atoms with Gasteiger partial charge >= 0.3 is 6.18 Å². The number of methoxy groups -OCH3 is 1. The first-order chi connectivity index (χ1) is 31.0. The van der Waals surface area contributed by atoms with Gasteiger partial charge in [-0.25, -0.2) is 19.9 Å². The number of carbonyl (C=O) groups is 1. The minimum absolute atomic E-state index is 0.0383. The highest BCUT2D eigenvalue weighted by Crippen LogP contribution is 2.43. The molecule has 14 nitrogen and oxygen atoms in total. The Morgan fingerprint density at radius 1 is 1.02 bits per heavy atom. The molecular formula is C47H57ClF3N9O5. The largest absolute Gasteiger partial charge is 0.493 e. The molecule has 5 unspecified atom stereocenters. The molecule has 3 aromatic carbocycles. The molecule has 18 heteroatoms. The SMILES string of the molecule is CC(C)NCC(C(=O)N1CCN(c2ncnc3c2C(C)CC3O)CC1)c1ccc(Cl)cc1.COc1cc2nc(C)nc(NC(C)c3cc(N)cc(C(F)(F)F)c3)c2cc1OC1CCOC1. The van der Waals surface area contributed by atoms with Crippen molar-refractivity contribution in [1.82, 2.24) is 30.2 Å². The molecular weight excluding hydrogens is 863 g/mol. The van der Waals surface area contributed by atoms with Crippen LogP contribution in [0.15, 0.2) is 60.9 Å². The van der Waals surface area contributed by atoms with Gasteiger partial charge in [-0.3, -0.25) is 4.79 Å². The fourth-order valence-corrected chi connectivity index (χ4v) is 8.61. The number of aliphatic hydroxyl groups is 1. The molecule has 65 heavy (non-hydrogen) atoms. The third-order valence-electron chi connectivity index (χ3n) is 11.9. The van der Waals surface area contributed by atoms with Gasteiger partial charge in [0.1, 0.15) is 29.9 Å². The number of nitrogen functional groups attached to an aromatic ring is 1. The van der Waals surface area contributed by atoms with Gasteiger partial charge in [-0.1, -0.05) is 44.5 Å². The quantitative estimate of drug-likeness (QED) is 0.0889. The number of nitrogens with zero attached hydrogens (tertiary/aromatic N) is 6. The van der Waals surface area contributed by atoms with Gasteiger partial charge in [0.05, 0.1) is 55.2 Å². The molecule has 2 fully saturated rings. The molecule has 5 aromatic rings. The van der Waals surface area contributed by atoms with Crippen LogP contribution in [0.25, 0.3) is 10.9 Å². The number of hydrogen-bond donors (Lipinski definition) is 4. The van der Waals surface area contributed by atoms with E-state index in [0.717, 1.165) is 41.2 Å². The predicted molar refractivity (Wildman–Crippen MR) is 245 cm³/mol. The summed E-state index contributed by atoms with van der Waals surface area (Å²) in [5.74, 6) is 3.03. The van der Waals surface area contributed by atoms with E-state index >= 15 is 0 Å². The first-order valence-electron chi connectivity index (χ1n) is 21.9. The Kier molecular flexibility index (Phi) is 14.9. The van der Waals surface area contributed by atoms with Gasteiger partial charge < -0.3 is 45.5 Å². The summed E-state index contributed by atoms with van der Waals surface area (Å²) in [5, 5.41) is 18.2. The molecule has 4 heterocycles. The van der Waals surface area contributed by atoms with Crippen molar-refractivity contribution < 1.29 is 37.3 Å². The maximum Gasteiger partial charge on any atom is 0.416 e. The minimum Gasteiger partial charge on any atom is -0.493 e. The molecule has 5 atom stereocenters. The third-order valence-corrected chi connectivity index (χ3v) is 12.2. The lowest BCUT2D eigenvalue weighted by molar-refractivity contribution is -0.137. The molecule has 2 saturated heterocycles. The van der Waals surface area contributed by atoms with Crippen molar-refractivity contribution in [2.24, 2.45) is 0 Å². The van der Waals surface area contributed by atoms with Crippen molar-refractivity contribution in [3.05, 3.63) is 99.7 Å². The van der Waals surface area contributed by atoms with E-state index in [4.69, 9.17) is 31.5 Å². The summed E-state index contributed by atoms with van der Waals surface area (Å²) < 4.78 is 56.7. The number of anilines is 3. The highest BCUT2D eigenvalue weighted by Gasteiger charge is 2.36. The van der Waals surface area contributed by atoms with Crippen LogP contribution in [0.3, 0.4) is 0 Å². The van der Waals surface area contributed by atoms with Gasteiger partial charge in [-0.2, -0.15) is 13.2 Å². The summed E-state index contributed by atoms with van der Waals surface area (Å²) in [5.41, 5.74) is 8.77. The molecule has 5 N–H and O–H groups in total. The lowest BCUT2D eigenvalue weighted by Gasteiger charge is -2.38. The summed E-state index contributed by atoms with van der Waals surface area (Å²) in [7, 11) is 1.55. The summed E-state index contributed by atoms with van der Waals surface area (Å²) in [6.07, 6.45) is -2.10. The van der Waals surface area contributed by atoms with Gasteiger partial charge in [-0.05, 0) is 73.7 Å². The predicted octanol–water partition coefficient (Wildman–Crippen LogP) is 7.99. The molecule has 1 aliphatic carbocycles. The molecule has 0 saturated carbocycles. The fraction of sp³-hybridized carbons (Fsp3) is 0.468. The van der Waals surface area contributed by atoms with Crippen LogP contribution in [-0.2, 0) is 15.7 Å². The Hall–Kier alpha value is -5.49. The van der Waals surface area contributed by atoms with Crippen LogP contribution in [0.1, 0.15) is 98.3 Å². The van der Waals surface area contributed by atoms with Crippen LogP contribution in [0.2, 0.25) is 5.02 Å². The normalized spacial score (nSPS) is 19.4. The number of amides is 1. The zero-order valence-corrected chi connectivity index (χ0v) is 38.2. The maximum absolute atomic E-state index is 13.5. The molecule has 0 bridgehead atoms. The van der Waals surface area contributed by atoms with Crippen molar-refractivity contribution >= 4 is 45.7 Å². The molecule has 1 amide bonds. The average molecular weight is 920 g/mol. The van der Waals surface area contributed by atoms with Crippen LogP contribution in [0.4, 0.5) is 30.5 Å². The molecule has 2 aliphatic heterocycles. The average Bonchev–Trinajstić information content (AvgIpc) is 3.90. The van der Waals surface area contributed by atoms with E-state index < -0.39 is 23.9 Å². The number of rotatable bonds is 12. The van der Waals surface area contributed by atoms with Crippen molar-refractivity contribution in [2.75, 3.05) is 69.0 Å². The highest BCUT2D eigenvalue weighted by atomic mass is 35.5. The Balaban J connectivity index is 0.000000194. The molecule has 3 aliphatic rings. The number of halogens is 4. The fourth-order valence-electron chi connectivity index (χ4n) is 8.49. The molecule has 8 rings (SSSR count). The van der Waals surface area contributed by atoms with Crippen molar-refractivity contribution in [3.8, 4) is 11.5 Å². The number of aromatic nitrogens is 4. The van der Waals surface area contributed by atoms with E-state index in [0.29, 0.717) is 103 Å². The summed E-state index contributed by atoms with van der Waals surface area (Å²) in [4.78, 5) is 35.5. The number of piperazine rings is 1. The first kappa shape index (κ1) is 47.5. The van der Waals surface area contributed by atoms with Crippen molar-refractivity contribution in [2.45, 2.75) is 89.8 Å². The maximum atomic E-state index is 13.5. The number of nitrogens with two attached hydrogens (primary N) is 1. The second-order valence-corrected chi connectivity index (χ2v) is 17.6. The van der Waals surface area contributed by atoms with E-state index in [-0.39, 0.29) is 29.5 Å². The van der Waals surface area contributed by atoms with E-state index in [9.17, 15) is 23.1 Å². The number of carbonyl (C=O) groups excluding carboxylic acids is 1.